The Bertz CT molecular complexity index is 853. The predicted molar refractivity (Wildman–Crippen MR) is 91.6 cm³/mol. The Balaban J connectivity index is 1.40. The van der Waals surface area contributed by atoms with E-state index in [-0.39, 0.29) is 17.8 Å². The van der Waals surface area contributed by atoms with Gasteiger partial charge in [0.05, 0.1) is 12.1 Å². The van der Waals surface area contributed by atoms with E-state index in [9.17, 15) is 4.79 Å². The summed E-state index contributed by atoms with van der Waals surface area (Å²) in [6, 6.07) is 17.8. The van der Waals surface area contributed by atoms with Crippen LogP contribution in [0.2, 0.25) is 0 Å². The van der Waals surface area contributed by atoms with Crippen molar-refractivity contribution in [2.45, 2.75) is 12.3 Å². The van der Waals surface area contributed by atoms with Gasteiger partial charge in [-0.2, -0.15) is 5.10 Å². The van der Waals surface area contributed by atoms with E-state index in [0.717, 1.165) is 23.1 Å². The van der Waals surface area contributed by atoms with Crippen LogP contribution < -0.4 is 4.74 Å². The molecule has 1 aliphatic carbocycles. The summed E-state index contributed by atoms with van der Waals surface area (Å²) < 4.78 is 7.28. The largest absolute Gasteiger partial charge is 0.426 e. The molecule has 0 N–H and O–H groups in total. The Labute approximate surface area is 140 Å². The molecule has 0 bridgehead atoms. The number of hydrogen-bond donors (Lipinski definition) is 0. The Morgan fingerprint density at radius 2 is 1.79 bits per heavy atom. The quantitative estimate of drug-likeness (QED) is 0.543. The standard InChI is InChI=1S/C20H18N2O2/c1-22-13-16(12-21-22)18-11-19(18)20(23)24-17-9-7-15(8-10-17)14-5-3-2-4-6-14/h2-10,12-13,18-19H,11H2,1H3/t18-,19+/m1/s1. The molecule has 4 nitrogen and oxygen atoms in total. The smallest absolute Gasteiger partial charge is 0.314 e. The minimum atomic E-state index is -0.156. The molecule has 0 unspecified atom stereocenters. The zero-order valence-corrected chi connectivity index (χ0v) is 13.4. The number of rotatable bonds is 4. The summed E-state index contributed by atoms with van der Waals surface area (Å²) >= 11 is 0. The van der Waals surface area contributed by atoms with Gasteiger partial charge in [0.25, 0.3) is 0 Å². The Hall–Kier alpha value is -2.88. The molecule has 0 saturated heterocycles. The van der Waals surface area contributed by atoms with Crippen molar-refractivity contribution >= 4 is 5.97 Å². The Morgan fingerprint density at radius 1 is 1.08 bits per heavy atom. The normalized spacial score (nSPS) is 19.0. The Morgan fingerprint density at radius 3 is 2.46 bits per heavy atom. The van der Waals surface area contributed by atoms with Gasteiger partial charge >= 0.3 is 5.97 Å². The number of carbonyl (C=O) groups excluding carboxylic acids is 1. The molecule has 1 heterocycles. The van der Waals surface area contributed by atoms with Crippen LogP contribution in [-0.2, 0) is 11.8 Å². The van der Waals surface area contributed by atoms with Crippen LogP contribution in [0.1, 0.15) is 17.9 Å². The van der Waals surface area contributed by atoms with Gasteiger partial charge in [0.15, 0.2) is 0 Å². The molecular formula is C20H18N2O2. The zero-order valence-electron chi connectivity index (χ0n) is 13.4. The molecule has 0 amide bonds. The second-order valence-corrected chi connectivity index (χ2v) is 6.21. The molecule has 2 aromatic carbocycles. The molecule has 1 aromatic heterocycles. The van der Waals surface area contributed by atoms with Crippen molar-refractivity contribution in [3.8, 4) is 16.9 Å². The number of benzene rings is 2. The number of aryl methyl sites for hydroxylation is 1. The summed E-state index contributed by atoms with van der Waals surface area (Å²) in [5, 5.41) is 4.16. The van der Waals surface area contributed by atoms with Crippen LogP contribution in [0.3, 0.4) is 0 Å². The minimum Gasteiger partial charge on any atom is -0.426 e. The fraction of sp³-hybridized carbons (Fsp3) is 0.200. The maximum atomic E-state index is 12.3. The van der Waals surface area contributed by atoms with Gasteiger partial charge in [-0.05, 0) is 35.2 Å². The molecule has 1 saturated carbocycles. The lowest BCUT2D eigenvalue weighted by molar-refractivity contribution is -0.135. The summed E-state index contributed by atoms with van der Waals surface area (Å²) in [7, 11) is 1.88. The third-order valence-electron chi connectivity index (χ3n) is 4.43. The highest BCUT2D eigenvalue weighted by Crippen LogP contribution is 2.48. The molecule has 1 fully saturated rings. The lowest BCUT2D eigenvalue weighted by atomic mass is 10.1. The number of ether oxygens (including phenoxy) is 1. The van der Waals surface area contributed by atoms with Gasteiger partial charge in [-0.15, -0.1) is 0 Å². The number of carbonyl (C=O) groups is 1. The van der Waals surface area contributed by atoms with Crippen molar-refractivity contribution in [1.82, 2.24) is 9.78 Å². The van der Waals surface area contributed by atoms with E-state index in [4.69, 9.17) is 4.74 Å². The number of nitrogens with zero attached hydrogens (tertiary/aromatic N) is 2. The first kappa shape index (κ1) is 14.7. The molecule has 0 radical (unpaired) electrons. The van der Waals surface area contributed by atoms with Gasteiger partial charge in [0.2, 0.25) is 0 Å². The summed E-state index contributed by atoms with van der Waals surface area (Å²) in [4.78, 5) is 12.3. The fourth-order valence-corrected chi connectivity index (χ4v) is 2.99. The van der Waals surface area contributed by atoms with Crippen molar-refractivity contribution in [2.24, 2.45) is 13.0 Å². The van der Waals surface area contributed by atoms with E-state index in [0.29, 0.717) is 5.75 Å². The summed E-state index contributed by atoms with van der Waals surface area (Å²) in [6.07, 6.45) is 4.63. The molecule has 2 atom stereocenters. The number of aromatic nitrogens is 2. The van der Waals surface area contributed by atoms with E-state index >= 15 is 0 Å². The molecule has 1 aliphatic rings. The maximum absolute atomic E-state index is 12.3. The molecule has 0 aliphatic heterocycles. The van der Waals surface area contributed by atoms with Crippen LogP contribution in [0.25, 0.3) is 11.1 Å². The van der Waals surface area contributed by atoms with Crippen molar-refractivity contribution in [3.63, 3.8) is 0 Å². The first-order valence-electron chi connectivity index (χ1n) is 8.06. The van der Waals surface area contributed by atoms with Crippen LogP contribution in [0.15, 0.2) is 67.0 Å². The van der Waals surface area contributed by atoms with Crippen molar-refractivity contribution in [3.05, 3.63) is 72.6 Å². The number of esters is 1. The van der Waals surface area contributed by atoms with Crippen LogP contribution in [-0.4, -0.2) is 15.7 Å². The van der Waals surface area contributed by atoms with Crippen LogP contribution in [0, 0.1) is 5.92 Å². The molecule has 0 spiro atoms. The van der Waals surface area contributed by atoms with Crippen molar-refractivity contribution in [1.29, 1.82) is 0 Å². The van der Waals surface area contributed by atoms with E-state index in [1.54, 1.807) is 4.68 Å². The first-order valence-corrected chi connectivity index (χ1v) is 8.06. The van der Waals surface area contributed by atoms with Crippen LogP contribution >= 0.6 is 0 Å². The highest BCUT2D eigenvalue weighted by molar-refractivity contribution is 5.79. The zero-order chi connectivity index (χ0) is 16.5. The second kappa shape index (κ2) is 5.96. The first-order chi connectivity index (χ1) is 11.7. The van der Waals surface area contributed by atoms with Crippen molar-refractivity contribution < 1.29 is 9.53 Å². The summed E-state index contributed by atoms with van der Waals surface area (Å²) in [6.45, 7) is 0. The third-order valence-corrected chi connectivity index (χ3v) is 4.43. The second-order valence-electron chi connectivity index (χ2n) is 6.21. The molecule has 4 rings (SSSR count). The SMILES string of the molecule is Cn1cc([C@H]2C[C@@H]2C(=O)Oc2ccc(-c3ccccc3)cc2)cn1. The minimum absolute atomic E-state index is 0.0528. The average Bonchev–Trinajstić information content (AvgIpc) is 3.31. The van der Waals surface area contributed by atoms with Gasteiger partial charge < -0.3 is 4.74 Å². The summed E-state index contributed by atoms with van der Waals surface area (Å²) in [5.74, 6) is 0.630. The van der Waals surface area contributed by atoms with Gasteiger partial charge in [0.1, 0.15) is 5.75 Å². The molecule has 3 aromatic rings. The van der Waals surface area contributed by atoms with Gasteiger partial charge in [-0.25, -0.2) is 0 Å². The Kier molecular flexibility index (Phi) is 3.65. The van der Waals surface area contributed by atoms with Gasteiger partial charge in [0, 0.05) is 19.2 Å². The van der Waals surface area contributed by atoms with Gasteiger partial charge in [-0.1, -0.05) is 42.5 Å². The molecule has 4 heteroatoms. The highest BCUT2D eigenvalue weighted by atomic mass is 16.5. The van der Waals surface area contributed by atoms with Gasteiger partial charge in [-0.3, -0.25) is 9.48 Å². The van der Waals surface area contributed by atoms with Crippen LogP contribution in [0.5, 0.6) is 5.75 Å². The highest BCUT2D eigenvalue weighted by Gasteiger charge is 2.46. The monoisotopic (exact) mass is 318 g/mol. The van der Waals surface area contributed by atoms with E-state index in [1.165, 1.54) is 0 Å². The van der Waals surface area contributed by atoms with Crippen molar-refractivity contribution in [2.75, 3.05) is 0 Å². The molecule has 24 heavy (non-hydrogen) atoms. The van der Waals surface area contributed by atoms with E-state index < -0.39 is 0 Å². The average molecular weight is 318 g/mol. The predicted octanol–water partition coefficient (Wildman–Crippen LogP) is 3.80. The van der Waals surface area contributed by atoms with Crippen LogP contribution in [0.4, 0.5) is 0 Å². The maximum Gasteiger partial charge on any atom is 0.314 e. The third kappa shape index (κ3) is 2.95. The molecule has 120 valence electrons. The van der Waals surface area contributed by atoms with E-state index in [1.807, 2.05) is 61.9 Å². The lowest BCUT2D eigenvalue weighted by Crippen LogP contribution is -2.11. The van der Waals surface area contributed by atoms with E-state index in [2.05, 4.69) is 17.2 Å². The topological polar surface area (TPSA) is 44.1 Å². The number of hydrogen-bond acceptors (Lipinski definition) is 3. The molecular weight excluding hydrogens is 300 g/mol. The summed E-state index contributed by atoms with van der Waals surface area (Å²) in [5.41, 5.74) is 3.36. The fourth-order valence-electron chi connectivity index (χ4n) is 2.99. The lowest BCUT2D eigenvalue weighted by Gasteiger charge is -2.06.